The zero-order valence-electron chi connectivity index (χ0n) is 17.0. The average molecular weight is 440 g/mol. The van der Waals surface area contributed by atoms with Crippen LogP contribution in [0.1, 0.15) is 37.9 Å². The number of aryl methyl sites for hydroxylation is 1. The first-order valence-electron chi connectivity index (χ1n) is 9.88. The van der Waals surface area contributed by atoms with Crippen LogP contribution in [0.15, 0.2) is 33.7 Å². The normalized spacial score (nSPS) is 15.5. The zero-order valence-corrected chi connectivity index (χ0v) is 17.9. The fourth-order valence-electron chi connectivity index (χ4n) is 3.06. The first-order chi connectivity index (χ1) is 14.3. The van der Waals surface area contributed by atoms with Crippen LogP contribution in [0.5, 0.6) is 0 Å². The standard InChI is InChI=1S/C19H26FN5O4S/c1-14(2)18-22-17(29-23-18)7-4-8-21-19(26)24-9-11-25(12-10-24)30(27,28)16-6-3-5-15(20)13-16/h3,5-6,13-14H,4,7-12H2,1-2H3,(H,21,26). The van der Waals surface area contributed by atoms with E-state index < -0.39 is 15.8 Å². The van der Waals surface area contributed by atoms with Crippen LogP contribution in [0.2, 0.25) is 0 Å². The Morgan fingerprint density at radius 1 is 1.27 bits per heavy atom. The fraction of sp³-hybridized carbons (Fsp3) is 0.526. The highest BCUT2D eigenvalue weighted by atomic mass is 32.2. The van der Waals surface area contributed by atoms with Gasteiger partial charge in [0.2, 0.25) is 15.9 Å². The van der Waals surface area contributed by atoms with E-state index in [-0.39, 0.29) is 43.0 Å². The van der Waals surface area contributed by atoms with E-state index in [1.54, 1.807) is 4.90 Å². The second-order valence-corrected chi connectivity index (χ2v) is 9.32. The first-order valence-corrected chi connectivity index (χ1v) is 11.3. The Kier molecular flexibility index (Phi) is 7.03. The second-order valence-electron chi connectivity index (χ2n) is 7.39. The van der Waals surface area contributed by atoms with Gasteiger partial charge in [-0.1, -0.05) is 25.1 Å². The van der Waals surface area contributed by atoms with Crippen LogP contribution in [0.3, 0.4) is 0 Å². The van der Waals surface area contributed by atoms with Crippen LogP contribution in [0, 0.1) is 5.82 Å². The second kappa shape index (κ2) is 9.52. The molecule has 9 nitrogen and oxygen atoms in total. The highest BCUT2D eigenvalue weighted by molar-refractivity contribution is 7.89. The Hall–Kier alpha value is -2.53. The van der Waals surface area contributed by atoms with Gasteiger partial charge in [-0.25, -0.2) is 17.6 Å². The van der Waals surface area contributed by atoms with E-state index >= 15 is 0 Å². The summed E-state index contributed by atoms with van der Waals surface area (Å²) in [6, 6.07) is 4.69. The predicted molar refractivity (Wildman–Crippen MR) is 107 cm³/mol. The molecule has 2 heterocycles. The summed E-state index contributed by atoms with van der Waals surface area (Å²) in [6.45, 7) is 5.26. The third-order valence-electron chi connectivity index (χ3n) is 4.80. The van der Waals surface area contributed by atoms with Gasteiger partial charge >= 0.3 is 6.03 Å². The summed E-state index contributed by atoms with van der Waals surface area (Å²) in [6.07, 6.45) is 1.22. The van der Waals surface area contributed by atoms with Crippen LogP contribution in [0.25, 0.3) is 0 Å². The van der Waals surface area contributed by atoms with Crippen molar-refractivity contribution < 1.29 is 22.1 Å². The maximum atomic E-state index is 13.4. The number of nitrogens with one attached hydrogen (secondary N) is 1. The summed E-state index contributed by atoms with van der Waals surface area (Å²) in [5.74, 6) is 0.810. The van der Waals surface area contributed by atoms with Crippen LogP contribution < -0.4 is 5.32 Å². The quantitative estimate of drug-likeness (QED) is 0.661. The number of carbonyl (C=O) groups excluding carboxylic acids is 1. The number of sulfonamides is 1. The zero-order chi connectivity index (χ0) is 21.7. The molecule has 0 saturated carbocycles. The van der Waals surface area contributed by atoms with Crippen molar-refractivity contribution >= 4 is 16.1 Å². The molecule has 0 unspecified atom stereocenters. The minimum Gasteiger partial charge on any atom is -0.339 e. The molecule has 0 atom stereocenters. The molecule has 1 N–H and O–H groups in total. The summed E-state index contributed by atoms with van der Waals surface area (Å²) in [7, 11) is -3.78. The Morgan fingerprint density at radius 3 is 2.63 bits per heavy atom. The molecular weight excluding hydrogens is 413 g/mol. The van der Waals surface area contributed by atoms with Crippen molar-refractivity contribution in [3.05, 3.63) is 41.8 Å². The molecule has 0 bridgehead atoms. The van der Waals surface area contributed by atoms with Crippen LogP contribution in [-0.4, -0.2) is 66.5 Å². The van der Waals surface area contributed by atoms with Gasteiger partial charge in [-0.3, -0.25) is 0 Å². The van der Waals surface area contributed by atoms with Gasteiger partial charge in [0.15, 0.2) is 5.82 Å². The minimum absolute atomic E-state index is 0.0814. The molecule has 2 amide bonds. The highest BCUT2D eigenvalue weighted by Gasteiger charge is 2.30. The number of urea groups is 1. The number of rotatable bonds is 7. The maximum absolute atomic E-state index is 13.4. The monoisotopic (exact) mass is 439 g/mol. The highest BCUT2D eigenvalue weighted by Crippen LogP contribution is 2.18. The molecule has 2 aromatic rings. The molecule has 1 aliphatic rings. The largest absolute Gasteiger partial charge is 0.339 e. The van der Waals surface area contributed by atoms with Gasteiger partial charge in [-0.2, -0.15) is 9.29 Å². The predicted octanol–water partition coefficient (Wildman–Crippen LogP) is 1.98. The lowest BCUT2D eigenvalue weighted by Crippen LogP contribution is -2.53. The fourth-order valence-corrected chi connectivity index (χ4v) is 4.51. The number of carbonyl (C=O) groups is 1. The molecule has 0 spiro atoms. The molecular formula is C19H26FN5O4S. The Balaban J connectivity index is 1.42. The molecule has 30 heavy (non-hydrogen) atoms. The van der Waals surface area contributed by atoms with Gasteiger partial charge in [-0.05, 0) is 24.6 Å². The van der Waals surface area contributed by atoms with E-state index in [0.717, 1.165) is 6.07 Å². The molecule has 1 aromatic heterocycles. The van der Waals surface area contributed by atoms with E-state index in [2.05, 4.69) is 15.5 Å². The third-order valence-corrected chi connectivity index (χ3v) is 6.70. The van der Waals surface area contributed by atoms with Crippen molar-refractivity contribution in [1.29, 1.82) is 0 Å². The molecule has 164 valence electrons. The average Bonchev–Trinajstić information content (AvgIpc) is 3.20. The lowest BCUT2D eigenvalue weighted by atomic mass is 10.2. The smallest absolute Gasteiger partial charge is 0.317 e. The van der Waals surface area contributed by atoms with Crippen molar-refractivity contribution in [1.82, 2.24) is 24.7 Å². The van der Waals surface area contributed by atoms with Crippen molar-refractivity contribution in [3.8, 4) is 0 Å². The van der Waals surface area contributed by atoms with Crippen molar-refractivity contribution in [2.45, 2.75) is 37.5 Å². The Morgan fingerprint density at radius 2 is 2.00 bits per heavy atom. The number of hydrogen-bond acceptors (Lipinski definition) is 6. The van der Waals surface area contributed by atoms with E-state index in [4.69, 9.17) is 4.52 Å². The summed E-state index contributed by atoms with van der Waals surface area (Å²) in [5, 5.41) is 6.72. The van der Waals surface area contributed by atoms with Crippen molar-refractivity contribution in [2.24, 2.45) is 0 Å². The summed E-state index contributed by atoms with van der Waals surface area (Å²) >= 11 is 0. The number of amides is 2. The number of nitrogens with zero attached hydrogens (tertiary/aromatic N) is 4. The topological polar surface area (TPSA) is 109 Å². The first kappa shape index (κ1) is 22.2. The summed E-state index contributed by atoms with van der Waals surface area (Å²) in [5.41, 5.74) is 0. The number of benzene rings is 1. The van der Waals surface area contributed by atoms with Crippen molar-refractivity contribution in [3.63, 3.8) is 0 Å². The minimum atomic E-state index is -3.78. The van der Waals surface area contributed by atoms with E-state index in [0.29, 0.717) is 31.1 Å². The third kappa shape index (κ3) is 5.33. The molecule has 11 heteroatoms. The van der Waals surface area contributed by atoms with Gasteiger partial charge < -0.3 is 14.7 Å². The number of halogens is 1. The van der Waals surface area contributed by atoms with Gasteiger partial charge in [-0.15, -0.1) is 0 Å². The Bertz CT molecular complexity index is 971. The molecule has 3 rings (SSSR count). The summed E-state index contributed by atoms with van der Waals surface area (Å²) in [4.78, 5) is 18.1. The molecule has 0 aliphatic carbocycles. The lowest BCUT2D eigenvalue weighted by Gasteiger charge is -2.34. The van der Waals surface area contributed by atoms with E-state index in [1.807, 2.05) is 13.8 Å². The van der Waals surface area contributed by atoms with Crippen LogP contribution >= 0.6 is 0 Å². The summed E-state index contributed by atoms with van der Waals surface area (Å²) < 4.78 is 45.1. The van der Waals surface area contributed by atoms with Gasteiger partial charge in [0.25, 0.3) is 0 Å². The van der Waals surface area contributed by atoms with Crippen LogP contribution in [0.4, 0.5) is 9.18 Å². The van der Waals surface area contributed by atoms with E-state index in [9.17, 15) is 17.6 Å². The van der Waals surface area contributed by atoms with Gasteiger partial charge in [0, 0.05) is 45.1 Å². The van der Waals surface area contributed by atoms with Gasteiger partial charge in [0.05, 0.1) is 4.90 Å². The number of piperazine rings is 1. The van der Waals surface area contributed by atoms with Gasteiger partial charge in [0.1, 0.15) is 5.82 Å². The number of aromatic nitrogens is 2. The lowest BCUT2D eigenvalue weighted by molar-refractivity contribution is 0.172. The molecule has 0 radical (unpaired) electrons. The Labute approximate surface area is 175 Å². The van der Waals surface area contributed by atoms with Crippen LogP contribution in [-0.2, 0) is 16.4 Å². The van der Waals surface area contributed by atoms with Crippen molar-refractivity contribution in [2.75, 3.05) is 32.7 Å². The number of hydrogen-bond donors (Lipinski definition) is 1. The maximum Gasteiger partial charge on any atom is 0.317 e. The van der Waals surface area contributed by atoms with E-state index in [1.165, 1.54) is 22.5 Å². The molecule has 1 fully saturated rings. The SMILES string of the molecule is CC(C)c1noc(CCCNC(=O)N2CCN(S(=O)(=O)c3cccc(F)c3)CC2)n1. The molecule has 1 aliphatic heterocycles. The molecule has 1 saturated heterocycles. The molecule has 1 aromatic carbocycles.